The Hall–Kier alpha value is -1.64. The van der Waals surface area contributed by atoms with Gasteiger partial charge in [-0.2, -0.15) is 0 Å². The molecule has 0 radical (unpaired) electrons. The largest absolute Gasteiger partial charge is 0.414 e. The molecule has 0 aromatic heterocycles. The molecule has 2 aromatic carbocycles. The molecule has 0 aliphatic rings. The highest BCUT2D eigenvalue weighted by Crippen LogP contribution is 2.36. The van der Waals surface area contributed by atoms with Crippen molar-refractivity contribution in [2.75, 3.05) is 0 Å². The van der Waals surface area contributed by atoms with Crippen LogP contribution in [0.25, 0.3) is 0 Å². The first-order valence-electron chi connectivity index (χ1n) is 6.61. The molecule has 0 N–H and O–H groups in total. The van der Waals surface area contributed by atoms with Crippen LogP contribution in [0.4, 0.5) is 0 Å². The predicted molar refractivity (Wildman–Crippen MR) is 84.1 cm³/mol. The zero-order valence-electron chi connectivity index (χ0n) is 11.5. The molecule has 1 nitrogen and oxygen atoms in total. The fourth-order valence-corrected chi connectivity index (χ4v) is 3.06. The van der Waals surface area contributed by atoms with Gasteiger partial charge >= 0.3 is 0 Å². The maximum Gasteiger partial charge on any atom is 0.147 e. The standard InChI is InChI=1S/C17H20OSi/c1-2-3-14-17(18-19,15-10-6-4-7-11-15)16-12-8-5-9-13-16/h2-13H,14H2,1,19H3/b3-2+. The third kappa shape index (κ3) is 2.86. The lowest BCUT2D eigenvalue weighted by Gasteiger charge is -2.33. The van der Waals surface area contributed by atoms with Gasteiger partial charge in [0.25, 0.3) is 0 Å². The van der Waals surface area contributed by atoms with Gasteiger partial charge in [0.15, 0.2) is 0 Å². The van der Waals surface area contributed by atoms with E-state index in [1.54, 1.807) is 0 Å². The van der Waals surface area contributed by atoms with Crippen molar-refractivity contribution >= 4 is 10.5 Å². The number of benzene rings is 2. The molecule has 0 heterocycles. The summed E-state index contributed by atoms with van der Waals surface area (Å²) in [6.45, 7) is 2.05. The van der Waals surface area contributed by atoms with Crippen molar-refractivity contribution in [2.45, 2.75) is 18.9 Å². The van der Waals surface area contributed by atoms with Crippen molar-refractivity contribution < 1.29 is 4.43 Å². The van der Waals surface area contributed by atoms with Gasteiger partial charge in [0.05, 0.1) is 0 Å². The Morgan fingerprint density at radius 3 is 1.79 bits per heavy atom. The van der Waals surface area contributed by atoms with Gasteiger partial charge in [0.2, 0.25) is 0 Å². The highest BCUT2D eigenvalue weighted by Gasteiger charge is 2.31. The van der Waals surface area contributed by atoms with Crippen LogP contribution in [-0.4, -0.2) is 10.5 Å². The summed E-state index contributed by atoms with van der Waals surface area (Å²) in [5.41, 5.74) is 2.09. The summed E-state index contributed by atoms with van der Waals surface area (Å²) in [5, 5.41) is 0. The van der Waals surface area contributed by atoms with Crippen LogP contribution < -0.4 is 0 Å². The Morgan fingerprint density at radius 2 is 1.42 bits per heavy atom. The van der Waals surface area contributed by atoms with E-state index in [1.165, 1.54) is 11.1 Å². The van der Waals surface area contributed by atoms with Gasteiger partial charge < -0.3 is 4.43 Å². The van der Waals surface area contributed by atoms with Gasteiger partial charge in [-0.05, 0) is 18.1 Å². The van der Waals surface area contributed by atoms with E-state index in [-0.39, 0.29) is 5.60 Å². The van der Waals surface area contributed by atoms with Crippen LogP contribution in [0.3, 0.4) is 0 Å². The second-order valence-electron chi connectivity index (χ2n) is 4.54. The van der Waals surface area contributed by atoms with Crippen LogP contribution in [0.5, 0.6) is 0 Å². The van der Waals surface area contributed by atoms with Gasteiger partial charge in [-0.25, -0.2) is 0 Å². The van der Waals surface area contributed by atoms with Gasteiger partial charge in [-0.3, -0.25) is 0 Å². The smallest absolute Gasteiger partial charge is 0.147 e. The molecular weight excluding hydrogens is 248 g/mol. The first-order chi connectivity index (χ1) is 9.33. The minimum absolute atomic E-state index is 0.346. The van der Waals surface area contributed by atoms with Crippen LogP contribution >= 0.6 is 0 Å². The molecule has 19 heavy (non-hydrogen) atoms. The number of hydrogen-bond donors (Lipinski definition) is 0. The quantitative estimate of drug-likeness (QED) is 0.598. The van der Waals surface area contributed by atoms with Crippen molar-refractivity contribution in [1.29, 1.82) is 0 Å². The molecule has 2 rings (SSSR count). The van der Waals surface area contributed by atoms with Crippen LogP contribution in [0, 0.1) is 0 Å². The monoisotopic (exact) mass is 268 g/mol. The average Bonchev–Trinajstić information content (AvgIpc) is 2.51. The molecule has 0 bridgehead atoms. The summed E-state index contributed by atoms with van der Waals surface area (Å²) in [4.78, 5) is 0. The third-order valence-corrected chi connectivity index (χ3v) is 4.17. The zero-order chi connectivity index (χ0) is 13.6. The molecule has 2 aromatic rings. The molecule has 0 fully saturated rings. The van der Waals surface area contributed by atoms with Crippen molar-refractivity contribution in [3.63, 3.8) is 0 Å². The Kier molecular flexibility index (Phi) is 4.72. The summed E-state index contributed by atoms with van der Waals surface area (Å²) in [6, 6.07) is 21.0. The molecule has 0 saturated heterocycles. The second-order valence-corrected chi connectivity index (χ2v) is 4.94. The third-order valence-electron chi connectivity index (χ3n) is 3.47. The molecule has 2 heteroatoms. The van der Waals surface area contributed by atoms with Crippen LogP contribution in [0.2, 0.25) is 0 Å². The Bertz CT molecular complexity index is 480. The van der Waals surface area contributed by atoms with E-state index >= 15 is 0 Å². The number of allylic oxidation sites excluding steroid dienone is 1. The molecular formula is C17H20OSi. The molecule has 0 amide bonds. The van der Waals surface area contributed by atoms with E-state index in [2.05, 4.69) is 60.7 Å². The fourth-order valence-electron chi connectivity index (χ4n) is 2.42. The zero-order valence-corrected chi connectivity index (χ0v) is 13.5. The van der Waals surface area contributed by atoms with E-state index in [0.29, 0.717) is 10.5 Å². The minimum atomic E-state index is -0.346. The summed E-state index contributed by atoms with van der Waals surface area (Å²) < 4.78 is 6.10. The van der Waals surface area contributed by atoms with E-state index in [9.17, 15) is 0 Å². The van der Waals surface area contributed by atoms with Gasteiger partial charge in [0, 0.05) is 6.42 Å². The van der Waals surface area contributed by atoms with Crippen LogP contribution in [0.15, 0.2) is 72.8 Å². The second kappa shape index (κ2) is 6.50. The van der Waals surface area contributed by atoms with Crippen LogP contribution in [0.1, 0.15) is 24.5 Å². The van der Waals surface area contributed by atoms with Crippen molar-refractivity contribution in [2.24, 2.45) is 0 Å². The minimum Gasteiger partial charge on any atom is -0.414 e. The van der Waals surface area contributed by atoms with E-state index in [4.69, 9.17) is 4.43 Å². The fraction of sp³-hybridized carbons (Fsp3) is 0.176. The normalized spacial score (nSPS) is 12.1. The molecule has 0 spiro atoms. The summed E-state index contributed by atoms with van der Waals surface area (Å²) in [7, 11) is 0.699. The number of rotatable bonds is 5. The van der Waals surface area contributed by atoms with E-state index in [1.807, 2.05) is 19.1 Å². The molecule has 0 atom stereocenters. The predicted octanol–water partition coefficient (Wildman–Crippen LogP) is 3.19. The van der Waals surface area contributed by atoms with Gasteiger partial charge in [-0.1, -0.05) is 72.8 Å². The first-order valence-corrected chi connectivity index (χ1v) is 7.42. The maximum atomic E-state index is 6.10. The lowest BCUT2D eigenvalue weighted by Crippen LogP contribution is -2.30. The van der Waals surface area contributed by atoms with E-state index < -0.39 is 0 Å². The average molecular weight is 268 g/mol. The van der Waals surface area contributed by atoms with Crippen molar-refractivity contribution in [3.8, 4) is 0 Å². The Morgan fingerprint density at radius 1 is 0.947 bits per heavy atom. The van der Waals surface area contributed by atoms with Gasteiger partial charge in [-0.15, -0.1) is 0 Å². The summed E-state index contributed by atoms with van der Waals surface area (Å²) in [6.07, 6.45) is 5.13. The number of hydrogen-bond acceptors (Lipinski definition) is 1. The highest BCUT2D eigenvalue weighted by atomic mass is 28.2. The van der Waals surface area contributed by atoms with E-state index in [0.717, 1.165) is 6.42 Å². The molecule has 0 unspecified atom stereocenters. The summed E-state index contributed by atoms with van der Waals surface area (Å²) >= 11 is 0. The Balaban J connectivity index is 2.54. The topological polar surface area (TPSA) is 9.23 Å². The highest BCUT2D eigenvalue weighted by molar-refractivity contribution is 5.98. The lowest BCUT2D eigenvalue weighted by atomic mass is 9.83. The molecule has 98 valence electrons. The molecule has 0 aliphatic carbocycles. The SMILES string of the molecule is C/C=C/CC(O[SiH3])(c1ccccc1)c1ccccc1. The van der Waals surface area contributed by atoms with Crippen LogP contribution in [-0.2, 0) is 10.0 Å². The van der Waals surface area contributed by atoms with Gasteiger partial charge in [0.1, 0.15) is 16.1 Å². The lowest BCUT2D eigenvalue weighted by molar-refractivity contribution is 0.129. The summed E-state index contributed by atoms with van der Waals surface area (Å²) in [5.74, 6) is 0. The molecule has 0 aliphatic heterocycles. The Labute approximate surface area is 118 Å². The van der Waals surface area contributed by atoms with Crippen molar-refractivity contribution in [1.82, 2.24) is 0 Å². The van der Waals surface area contributed by atoms with Crippen molar-refractivity contribution in [3.05, 3.63) is 83.9 Å². The maximum absolute atomic E-state index is 6.10. The molecule has 0 saturated carbocycles. The first kappa shape index (κ1) is 13.8.